The average molecular weight is 473 g/mol. The molecule has 0 aliphatic heterocycles. The minimum absolute atomic E-state index is 0.0546. The van der Waals surface area contributed by atoms with E-state index in [0.717, 1.165) is 30.1 Å². The Morgan fingerprint density at radius 2 is 1.73 bits per heavy atom. The maximum atomic E-state index is 13.6. The van der Waals surface area contributed by atoms with Gasteiger partial charge in [-0.2, -0.15) is 0 Å². The van der Waals surface area contributed by atoms with Crippen molar-refractivity contribution < 1.29 is 15.0 Å². The fourth-order valence-corrected chi connectivity index (χ4v) is 10.4. The summed E-state index contributed by atoms with van der Waals surface area (Å²) in [5, 5.41) is 24.0. The van der Waals surface area contributed by atoms with Crippen LogP contribution in [0.2, 0.25) is 0 Å². The fourth-order valence-electron chi connectivity index (χ4n) is 8.76. The van der Waals surface area contributed by atoms with Crippen molar-refractivity contribution in [3.8, 4) is 0 Å². The number of hydrogen-bond acceptors (Lipinski definition) is 6. The summed E-state index contributed by atoms with van der Waals surface area (Å²) in [6.45, 7) is 19.8. The van der Waals surface area contributed by atoms with Crippen molar-refractivity contribution in [2.45, 2.75) is 104 Å². The molecule has 1 heterocycles. The van der Waals surface area contributed by atoms with Crippen molar-refractivity contribution in [3.05, 3.63) is 22.7 Å². The third-order valence-corrected chi connectivity index (χ3v) is 11.1. The summed E-state index contributed by atoms with van der Waals surface area (Å²) < 4.78 is 0. The first-order valence-corrected chi connectivity index (χ1v) is 13.5. The van der Waals surface area contributed by atoms with Crippen LogP contribution in [-0.4, -0.2) is 45.3 Å². The van der Waals surface area contributed by atoms with Gasteiger partial charge in [-0.1, -0.05) is 27.4 Å². The van der Waals surface area contributed by atoms with Gasteiger partial charge in [0.05, 0.1) is 23.3 Å². The van der Waals surface area contributed by atoms with Crippen LogP contribution in [0.5, 0.6) is 0 Å². The number of thiazole rings is 1. The molecule has 1 aromatic heterocycles. The van der Waals surface area contributed by atoms with Crippen LogP contribution >= 0.6 is 11.3 Å². The number of carbonyl (C=O) groups is 1. The predicted octanol–water partition coefficient (Wildman–Crippen LogP) is 4.50. The van der Waals surface area contributed by atoms with E-state index in [4.69, 9.17) is 4.98 Å². The molecule has 0 saturated heterocycles. The number of aliphatic hydroxyl groups is 2. The van der Waals surface area contributed by atoms with Crippen LogP contribution in [0.3, 0.4) is 0 Å². The number of rotatable bonds is 3. The van der Waals surface area contributed by atoms with Gasteiger partial charge in [-0.05, 0) is 76.2 Å². The monoisotopic (exact) mass is 472 g/mol. The van der Waals surface area contributed by atoms with Crippen LogP contribution in [-0.2, 0) is 16.6 Å². The zero-order chi connectivity index (χ0) is 24.2. The van der Waals surface area contributed by atoms with Gasteiger partial charge in [0.25, 0.3) is 0 Å². The molecule has 2 bridgehead atoms. The van der Waals surface area contributed by atoms with Gasteiger partial charge in [0, 0.05) is 28.3 Å². The van der Waals surface area contributed by atoms with Crippen LogP contribution in [0.1, 0.15) is 78.3 Å². The maximum Gasteiger partial charge on any atom is 0.186 e. The van der Waals surface area contributed by atoms with Crippen LogP contribution in [0.25, 0.3) is 0 Å². The Hall–Kier alpha value is -1.24. The number of hydrogen-bond donors (Lipinski definition) is 2. The molecule has 5 rings (SSSR count). The molecule has 1 aromatic rings. The summed E-state index contributed by atoms with van der Waals surface area (Å²) in [6, 6.07) is 0.715. The summed E-state index contributed by atoms with van der Waals surface area (Å²) in [7, 11) is 0. The Bertz CT molecular complexity index is 1010. The first-order valence-electron chi connectivity index (χ1n) is 12.7. The minimum atomic E-state index is -1.09. The smallest absolute Gasteiger partial charge is 0.186 e. The topological polar surface area (TPSA) is 73.7 Å². The van der Waals surface area contributed by atoms with Crippen LogP contribution in [0, 0.1) is 28.6 Å². The van der Waals surface area contributed by atoms with Crippen molar-refractivity contribution in [3.63, 3.8) is 0 Å². The molecule has 2 N–H and O–H groups in total. The van der Waals surface area contributed by atoms with E-state index >= 15 is 0 Å². The first kappa shape index (κ1) is 23.5. The largest absolute Gasteiger partial charge is 0.392 e. The van der Waals surface area contributed by atoms with Crippen molar-refractivity contribution in [1.29, 1.82) is 0 Å². The lowest BCUT2D eigenvalue weighted by Gasteiger charge is -2.64. The van der Waals surface area contributed by atoms with Crippen molar-refractivity contribution >= 4 is 22.3 Å². The van der Waals surface area contributed by atoms with Gasteiger partial charge in [-0.3, -0.25) is 4.79 Å². The Labute approximate surface area is 202 Å². The molecule has 0 amide bonds. The second-order valence-electron chi connectivity index (χ2n) is 12.5. The standard InChI is InChI=1S/C27H40N2O3S/c1-13(2)29(14(3)4)24-28-21-17(33-24)12-26(8)18-10-9-16-15(5)22(31)27(18,23(16)32)20(30)11-19(26)25(21,6)7/h13-14,16,18-20,23,30,32H,5,9-12H2,1-4,6-8H3. The zero-order valence-electron chi connectivity index (χ0n) is 21.2. The number of Topliss-reactive ketones (excluding diaryl/α,β-unsaturated/α-hetero) is 1. The molecule has 33 heavy (non-hydrogen) atoms. The van der Waals surface area contributed by atoms with Gasteiger partial charge in [0.2, 0.25) is 0 Å². The summed E-state index contributed by atoms with van der Waals surface area (Å²) >= 11 is 1.80. The number of nitrogens with zero attached hydrogens (tertiary/aromatic N) is 2. The highest BCUT2D eigenvalue weighted by molar-refractivity contribution is 7.15. The summed E-state index contributed by atoms with van der Waals surface area (Å²) in [5.41, 5.74) is 0.197. The first-order chi connectivity index (χ1) is 15.3. The van der Waals surface area contributed by atoms with Gasteiger partial charge in [0.1, 0.15) is 0 Å². The third-order valence-electron chi connectivity index (χ3n) is 9.99. The maximum absolute atomic E-state index is 13.6. The predicted molar refractivity (Wildman–Crippen MR) is 133 cm³/mol. The molecule has 182 valence electrons. The number of aliphatic hydroxyl groups excluding tert-OH is 2. The average Bonchev–Trinajstić information content (AvgIpc) is 3.15. The van der Waals surface area contributed by atoms with Crippen LogP contribution < -0.4 is 4.90 Å². The fraction of sp³-hybridized carbons (Fsp3) is 0.778. The third kappa shape index (κ3) is 2.72. The highest BCUT2D eigenvalue weighted by atomic mass is 32.1. The Balaban J connectivity index is 1.65. The Morgan fingerprint density at radius 3 is 2.33 bits per heavy atom. The van der Waals surface area contributed by atoms with E-state index in [0.29, 0.717) is 24.1 Å². The Morgan fingerprint density at radius 1 is 1.09 bits per heavy atom. The number of fused-ring (bicyclic) bond motifs is 4. The van der Waals surface area contributed by atoms with Crippen molar-refractivity contribution in [2.24, 2.45) is 28.6 Å². The molecule has 5 nitrogen and oxygen atoms in total. The lowest BCUT2D eigenvalue weighted by Crippen LogP contribution is -2.68. The van der Waals surface area contributed by atoms with E-state index in [-0.39, 0.29) is 34.4 Å². The molecule has 7 unspecified atom stereocenters. The van der Waals surface area contributed by atoms with Gasteiger partial charge in [-0.25, -0.2) is 4.98 Å². The van der Waals surface area contributed by atoms with E-state index in [1.54, 1.807) is 11.3 Å². The van der Waals surface area contributed by atoms with Crippen LogP contribution in [0.4, 0.5) is 5.13 Å². The highest BCUT2D eigenvalue weighted by Crippen LogP contribution is 2.70. The lowest BCUT2D eigenvalue weighted by molar-refractivity contribution is -0.212. The summed E-state index contributed by atoms with van der Waals surface area (Å²) in [6.07, 6.45) is 1.36. The molecule has 4 aliphatic carbocycles. The van der Waals surface area contributed by atoms with Gasteiger partial charge in [-0.15, -0.1) is 11.3 Å². The molecule has 1 spiro atoms. The van der Waals surface area contributed by atoms with Gasteiger partial charge < -0.3 is 15.1 Å². The SMILES string of the molecule is C=C1C(=O)C23C(O)CC4C(C)(C)c5nc(N(C(C)C)C(C)C)sc5CC4(C)C2CCC1C3O. The Kier molecular flexibility index (Phi) is 5.09. The quantitative estimate of drug-likeness (QED) is 0.634. The van der Waals surface area contributed by atoms with Gasteiger partial charge >= 0.3 is 0 Å². The van der Waals surface area contributed by atoms with E-state index in [2.05, 4.69) is 59.9 Å². The lowest BCUT2D eigenvalue weighted by atomic mass is 9.40. The molecular formula is C27H40N2O3S. The summed E-state index contributed by atoms with van der Waals surface area (Å²) in [5.74, 6) is -0.138. The molecule has 0 radical (unpaired) electrons. The van der Waals surface area contributed by atoms with Crippen LogP contribution in [0.15, 0.2) is 12.2 Å². The molecule has 6 heteroatoms. The number of ketones is 1. The van der Waals surface area contributed by atoms with E-state index < -0.39 is 17.6 Å². The second-order valence-corrected chi connectivity index (χ2v) is 13.6. The van der Waals surface area contributed by atoms with Crippen molar-refractivity contribution in [2.75, 3.05) is 4.90 Å². The molecule has 4 aliphatic rings. The molecule has 0 aromatic carbocycles. The van der Waals surface area contributed by atoms with E-state index in [1.165, 1.54) is 4.88 Å². The zero-order valence-corrected chi connectivity index (χ0v) is 22.0. The minimum Gasteiger partial charge on any atom is -0.392 e. The number of carbonyl (C=O) groups excluding carboxylic acids is 1. The van der Waals surface area contributed by atoms with Gasteiger partial charge in [0.15, 0.2) is 10.9 Å². The number of aromatic nitrogens is 1. The highest BCUT2D eigenvalue weighted by Gasteiger charge is 2.74. The van der Waals surface area contributed by atoms with Crippen molar-refractivity contribution in [1.82, 2.24) is 4.98 Å². The second kappa shape index (κ2) is 7.14. The molecule has 3 saturated carbocycles. The number of anilines is 1. The summed E-state index contributed by atoms with van der Waals surface area (Å²) in [4.78, 5) is 22.5. The molecule has 3 fully saturated rings. The molecule has 7 atom stereocenters. The van der Waals surface area contributed by atoms with E-state index in [1.807, 2.05) is 0 Å². The van der Waals surface area contributed by atoms with E-state index in [9.17, 15) is 15.0 Å². The normalized spacial score (nSPS) is 41.2. The molecular weight excluding hydrogens is 432 g/mol.